The number of benzene rings is 1. The summed E-state index contributed by atoms with van der Waals surface area (Å²) < 4.78 is 38.5. The van der Waals surface area contributed by atoms with Gasteiger partial charge >= 0.3 is 12.6 Å². The molecule has 13 heteroatoms. The molecule has 0 aromatic heterocycles. The molecule has 1 aromatic carbocycles. The molecule has 1 fully saturated rings. The lowest BCUT2D eigenvalue weighted by atomic mass is 9.96. The maximum atomic E-state index is 15.8. The van der Waals surface area contributed by atoms with Crippen LogP contribution in [0.5, 0.6) is 5.75 Å². The molecule has 0 spiro atoms. The van der Waals surface area contributed by atoms with Gasteiger partial charge in [0.25, 0.3) is 5.91 Å². The highest BCUT2D eigenvalue weighted by molar-refractivity contribution is 8.09. The Morgan fingerprint density at radius 1 is 1.43 bits per heavy atom. The van der Waals surface area contributed by atoms with Gasteiger partial charge in [-0.25, -0.2) is 9.48 Å². The number of hydrogen-bond acceptors (Lipinski definition) is 9. The number of rotatable bonds is 10. The number of carbonyl (C=O) groups excluding carboxylic acids is 2. The van der Waals surface area contributed by atoms with Crippen LogP contribution in [0.3, 0.4) is 0 Å². The molecule has 2 heterocycles. The zero-order valence-electron chi connectivity index (χ0n) is 20.5. The molecule has 0 bridgehead atoms. The van der Waals surface area contributed by atoms with Gasteiger partial charge in [0.05, 0.1) is 12.7 Å². The van der Waals surface area contributed by atoms with Crippen molar-refractivity contribution in [2.75, 3.05) is 6.61 Å². The normalized spacial score (nSPS) is 27.8. The van der Waals surface area contributed by atoms with E-state index in [1.54, 1.807) is 44.2 Å². The first-order valence-corrected chi connectivity index (χ1v) is 14.0. The van der Waals surface area contributed by atoms with E-state index >= 15 is 4.39 Å². The number of carbonyl (C=O) groups is 2. The minimum atomic E-state index is -3.48. The molecule has 2 aliphatic rings. The molecule has 1 amide bonds. The first kappa shape index (κ1) is 28.8. The second kappa shape index (κ2) is 11.7. The van der Waals surface area contributed by atoms with Crippen LogP contribution in [-0.4, -0.2) is 64.7 Å². The summed E-state index contributed by atoms with van der Waals surface area (Å²) in [5, 5.41) is 16.0. The van der Waals surface area contributed by atoms with E-state index in [1.165, 1.54) is 18.0 Å². The van der Waals surface area contributed by atoms with Gasteiger partial charge in [0.2, 0.25) is 5.67 Å². The molecule has 37 heavy (non-hydrogen) atoms. The van der Waals surface area contributed by atoms with Crippen LogP contribution in [0.25, 0.3) is 0 Å². The second-order valence-corrected chi connectivity index (χ2v) is 11.7. The highest BCUT2D eigenvalue weighted by atomic mass is 32.5. The molecule has 0 aliphatic carbocycles. The molecule has 1 saturated heterocycles. The van der Waals surface area contributed by atoms with Crippen LogP contribution in [0, 0.1) is 12.3 Å². The third kappa shape index (κ3) is 6.76. The third-order valence-electron chi connectivity index (χ3n) is 5.32. The maximum absolute atomic E-state index is 15.8. The van der Waals surface area contributed by atoms with E-state index in [1.807, 2.05) is 5.92 Å². The number of aliphatic hydroxyl groups excluding tert-OH is 1. The Labute approximate surface area is 220 Å². The van der Waals surface area contributed by atoms with Crippen LogP contribution in [-0.2, 0) is 35.4 Å². The summed E-state index contributed by atoms with van der Waals surface area (Å²) in [7, 11) is 0. The van der Waals surface area contributed by atoms with E-state index in [0.29, 0.717) is 5.75 Å². The Morgan fingerprint density at radius 3 is 2.70 bits per heavy atom. The van der Waals surface area contributed by atoms with Crippen molar-refractivity contribution in [3.63, 3.8) is 0 Å². The standard InChI is InChI=1S/C24H29FN3O7PS/c1-6-24(25)21(30)19(34-23(24)28-13-12-20(29)26-17(28)5)14-32-36(37,35-18-10-8-7-9-11-18)27-16(4)22(31)33-15(2)3/h1,7-13,15-16,19,21,23,30H,5,14H2,2-4H3,(H,26,29)(H,27,37)/t16?,19-,21-,23-,24-,36?/m1/s1. The molecule has 0 radical (unpaired) electrons. The number of alkyl halides is 1. The van der Waals surface area contributed by atoms with Crippen molar-refractivity contribution in [1.82, 2.24) is 15.3 Å². The Balaban J connectivity index is 1.80. The fraction of sp³-hybridized carbons (Fsp3) is 0.417. The van der Waals surface area contributed by atoms with E-state index in [0.717, 1.165) is 6.08 Å². The number of amides is 1. The van der Waals surface area contributed by atoms with Gasteiger partial charge in [-0.1, -0.05) is 30.7 Å². The van der Waals surface area contributed by atoms with Crippen molar-refractivity contribution in [1.29, 1.82) is 0 Å². The van der Waals surface area contributed by atoms with Crippen molar-refractivity contribution in [2.45, 2.75) is 57.0 Å². The minimum absolute atomic E-state index is 0.0141. The van der Waals surface area contributed by atoms with Crippen LogP contribution in [0.2, 0.25) is 0 Å². The van der Waals surface area contributed by atoms with E-state index in [9.17, 15) is 14.7 Å². The van der Waals surface area contributed by atoms with Gasteiger partial charge in [0, 0.05) is 12.3 Å². The minimum Gasteiger partial charge on any atom is -0.462 e. The predicted octanol–water partition coefficient (Wildman–Crippen LogP) is 2.08. The molecule has 3 N–H and O–H groups in total. The van der Waals surface area contributed by atoms with Crippen LogP contribution in [0.15, 0.2) is 55.0 Å². The number of ether oxygens (including phenoxy) is 2. The van der Waals surface area contributed by atoms with E-state index in [-0.39, 0.29) is 11.9 Å². The molecule has 2 unspecified atom stereocenters. The maximum Gasteiger partial charge on any atom is 0.323 e. The van der Waals surface area contributed by atoms with Crippen LogP contribution < -0.4 is 14.9 Å². The summed E-state index contributed by atoms with van der Waals surface area (Å²) in [4.78, 5) is 25.1. The summed E-state index contributed by atoms with van der Waals surface area (Å²) in [6.07, 6.45) is 2.84. The van der Waals surface area contributed by atoms with E-state index in [4.69, 9.17) is 36.8 Å². The van der Waals surface area contributed by atoms with Crippen LogP contribution in [0.1, 0.15) is 20.8 Å². The highest BCUT2D eigenvalue weighted by Gasteiger charge is 2.59. The third-order valence-corrected chi connectivity index (χ3v) is 7.82. The number of hydrogen-bond donors (Lipinski definition) is 3. The summed E-state index contributed by atoms with van der Waals surface area (Å²) >= 11 is 5.63. The lowest BCUT2D eigenvalue weighted by Crippen LogP contribution is -2.52. The number of nitrogens with zero attached hydrogens (tertiary/aromatic N) is 1. The topological polar surface area (TPSA) is 119 Å². The van der Waals surface area contributed by atoms with Gasteiger partial charge in [0.1, 0.15) is 29.8 Å². The van der Waals surface area contributed by atoms with Crippen molar-refractivity contribution >= 4 is 30.3 Å². The number of para-hydroxylation sites is 1. The van der Waals surface area contributed by atoms with Gasteiger partial charge in [0.15, 0.2) is 6.23 Å². The summed E-state index contributed by atoms with van der Waals surface area (Å²) in [5.74, 6) is 1.29. The molecule has 3 rings (SSSR count). The van der Waals surface area contributed by atoms with Gasteiger partial charge < -0.3 is 33.8 Å². The number of terminal acetylenes is 1. The molecule has 6 atom stereocenters. The van der Waals surface area contributed by atoms with Gasteiger partial charge in [-0.05, 0) is 44.7 Å². The van der Waals surface area contributed by atoms with Crippen molar-refractivity contribution in [3.05, 3.63) is 55.0 Å². The lowest BCUT2D eigenvalue weighted by molar-refractivity contribution is -0.149. The van der Waals surface area contributed by atoms with E-state index in [2.05, 4.69) is 17.0 Å². The number of nitrogens with one attached hydrogen (secondary N) is 2. The fourth-order valence-corrected chi connectivity index (χ4v) is 5.94. The van der Waals surface area contributed by atoms with Crippen molar-refractivity contribution in [3.8, 4) is 18.1 Å². The monoisotopic (exact) mass is 553 g/mol. The molecule has 10 nitrogen and oxygen atoms in total. The number of aliphatic hydroxyl groups is 1. The average molecular weight is 554 g/mol. The second-order valence-electron chi connectivity index (χ2n) is 8.58. The lowest BCUT2D eigenvalue weighted by Gasteiger charge is -2.35. The molecule has 0 saturated carbocycles. The van der Waals surface area contributed by atoms with E-state index < -0.39 is 55.3 Å². The summed E-state index contributed by atoms with van der Waals surface area (Å²) in [5.41, 5.74) is -2.69. The summed E-state index contributed by atoms with van der Waals surface area (Å²) in [6.45, 7) is 4.70. The smallest absolute Gasteiger partial charge is 0.323 e. The number of esters is 1. The quantitative estimate of drug-likeness (QED) is 0.226. The highest BCUT2D eigenvalue weighted by Crippen LogP contribution is 2.47. The predicted molar refractivity (Wildman–Crippen MR) is 137 cm³/mol. The largest absolute Gasteiger partial charge is 0.462 e. The molecule has 200 valence electrons. The molecule has 2 aliphatic heterocycles. The van der Waals surface area contributed by atoms with Gasteiger partial charge in [-0.3, -0.25) is 9.59 Å². The Bertz CT molecular complexity index is 1140. The zero-order chi connectivity index (χ0) is 27.4. The Hall–Kier alpha value is -2.78. The van der Waals surface area contributed by atoms with Gasteiger partial charge in [-0.2, -0.15) is 0 Å². The molecular formula is C24H29FN3O7PS. The first-order chi connectivity index (χ1) is 17.4. The number of halogens is 1. The zero-order valence-corrected chi connectivity index (χ0v) is 22.2. The van der Waals surface area contributed by atoms with Gasteiger partial charge in [-0.15, -0.1) is 6.42 Å². The summed E-state index contributed by atoms with van der Waals surface area (Å²) in [6, 6.07) is 7.61. The van der Waals surface area contributed by atoms with Crippen molar-refractivity contribution in [2.24, 2.45) is 0 Å². The average Bonchev–Trinajstić information content (AvgIpc) is 3.08. The van der Waals surface area contributed by atoms with Crippen LogP contribution in [0.4, 0.5) is 4.39 Å². The van der Waals surface area contributed by atoms with Crippen molar-refractivity contribution < 1.29 is 37.6 Å². The molecule has 1 aromatic rings. The fourth-order valence-electron chi connectivity index (χ4n) is 3.52. The Morgan fingerprint density at radius 2 is 2.11 bits per heavy atom. The SMILES string of the molecule is C#C[C@@]1(F)[C@H](O)[C@@H](COP(=S)(NC(C)C(=O)OC(C)C)Oc2ccccc2)O[C@H]1N1C=CC(=O)NC1=C. The molecular weight excluding hydrogens is 524 g/mol. The first-order valence-electron chi connectivity index (χ1n) is 11.3. The Kier molecular flexibility index (Phi) is 9.13. The van der Waals surface area contributed by atoms with Crippen LogP contribution >= 0.6 is 6.64 Å².